The topological polar surface area (TPSA) is 89.5 Å². The summed E-state index contributed by atoms with van der Waals surface area (Å²) in [5, 5.41) is 0. The Morgan fingerprint density at radius 3 is 2.08 bits per heavy atom. The predicted molar refractivity (Wildman–Crippen MR) is 93.7 cm³/mol. The van der Waals surface area contributed by atoms with E-state index in [-0.39, 0.29) is 5.78 Å². The third-order valence-corrected chi connectivity index (χ3v) is 4.06. The van der Waals surface area contributed by atoms with E-state index in [2.05, 4.69) is 20.7 Å². The van der Waals surface area contributed by atoms with Crippen molar-refractivity contribution in [3.8, 4) is 0 Å². The standard InChI is InChI=1S/C16H14BrNO5S/c1-24(21,22)18-14-8-4-11(5-9-14)15(19)10-23-16(20)12-2-6-13(17)7-3-12/h2-9,18H,10H2,1H3. The quantitative estimate of drug-likeness (QED) is 0.582. The number of halogens is 1. The normalized spacial score (nSPS) is 10.9. The molecule has 126 valence electrons. The van der Waals surface area contributed by atoms with Crippen LogP contribution >= 0.6 is 15.9 Å². The first-order chi connectivity index (χ1) is 11.2. The molecule has 2 rings (SSSR count). The Balaban J connectivity index is 1.95. The third kappa shape index (κ3) is 5.47. The minimum atomic E-state index is -3.37. The molecule has 0 saturated carbocycles. The number of Topliss-reactive ketones (excluding diaryl/α,β-unsaturated/α-hetero) is 1. The van der Waals surface area contributed by atoms with Gasteiger partial charge in [-0.05, 0) is 48.5 Å². The van der Waals surface area contributed by atoms with Crippen LogP contribution in [0.4, 0.5) is 5.69 Å². The molecule has 6 nitrogen and oxygen atoms in total. The first-order valence-electron chi connectivity index (χ1n) is 6.78. The molecule has 2 aromatic carbocycles. The van der Waals surface area contributed by atoms with Gasteiger partial charge in [-0.3, -0.25) is 9.52 Å². The highest BCUT2D eigenvalue weighted by Crippen LogP contribution is 2.13. The number of sulfonamides is 1. The summed E-state index contributed by atoms with van der Waals surface area (Å²) in [5.41, 5.74) is 1.01. The highest BCUT2D eigenvalue weighted by atomic mass is 79.9. The highest BCUT2D eigenvalue weighted by Gasteiger charge is 2.12. The number of rotatable bonds is 6. The predicted octanol–water partition coefficient (Wildman–Crippen LogP) is 2.86. The summed E-state index contributed by atoms with van der Waals surface area (Å²) in [6, 6.07) is 12.4. The van der Waals surface area contributed by atoms with E-state index in [1.807, 2.05) is 0 Å². The monoisotopic (exact) mass is 411 g/mol. The molecule has 0 fully saturated rings. The summed E-state index contributed by atoms with van der Waals surface area (Å²) in [7, 11) is -3.37. The molecule has 0 aliphatic carbocycles. The Bertz CT molecular complexity index is 845. The number of benzene rings is 2. The Kier molecular flexibility index (Phi) is 5.74. The Labute approximate surface area is 148 Å². The molecule has 0 aliphatic heterocycles. The average molecular weight is 412 g/mol. The van der Waals surface area contributed by atoms with E-state index in [4.69, 9.17) is 4.74 Å². The van der Waals surface area contributed by atoms with Crippen LogP contribution in [0, 0.1) is 0 Å². The van der Waals surface area contributed by atoms with E-state index in [1.54, 1.807) is 24.3 Å². The van der Waals surface area contributed by atoms with Crippen molar-refractivity contribution in [2.24, 2.45) is 0 Å². The molecular weight excluding hydrogens is 398 g/mol. The summed E-state index contributed by atoms with van der Waals surface area (Å²) < 4.78 is 30.3. The fourth-order valence-corrected chi connectivity index (χ4v) is 2.65. The molecular formula is C16H14BrNO5S. The van der Waals surface area contributed by atoms with E-state index >= 15 is 0 Å². The van der Waals surface area contributed by atoms with Crippen LogP contribution in [0.3, 0.4) is 0 Å². The molecule has 1 N–H and O–H groups in total. The molecule has 0 amide bonds. The number of hydrogen-bond acceptors (Lipinski definition) is 5. The minimum Gasteiger partial charge on any atom is -0.454 e. The second kappa shape index (κ2) is 7.59. The fraction of sp³-hybridized carbons (Fsp3) is 0.125. The summed E-state index contributed by atoms with van der Waals surface area (Å²) in [6.45, 7) is -0.395. The number of carbonyl (C=O) groups is 2. The molecule has 0 aliphatic rings. The molecule has 0 bridgehead atoms. The van der Waals surface area contributed by atoms with E-state index in [9.17, 15) is 18.0 Å². The number of ketones is 1. The summed E-state index contributed by atoms with van der Waals surface area (Å²) >= 11 is 3.26. The van der Waals surface area contributed by atoms with Gasteiger partial charge in [0.15, 0.2) is 12.4 Å². The molecule has 0 atom stereocenters. The van der Waals surface area contributed by atoms with Crippen molar-refractivity contribution in [2.45, 2.75) is 0 Å². The van der Waals surface area contributed by atoms with E-state index in [0.717, 1.165) is 10.7 Å². The van der Waals surface area contributed by atoms with Crippen molar-refractivity contribution in [3.05, 3.63) is 64.1 Å². The number of carbonyl (C=O) groups excluding carboxylic acids is 2. The van der Waals surface area contributed by atoms with Crippen LogP contribution in [0.25, 0.3) is 0 Å². The SMILES string of the molecule is CS(=O)(=O)Nc1ccc(C(=O)COC(=O)c2ccc(Br)cc2)cc1. The molecule has 0 unspecified atom stereocenters. The number of ether oxygens (including phenoxy) is 1. The second-order valence-electron chi connectivity index (χ2n) is 4.96. The van der Waals surface area contributed by atoms with E-state index < -0.39 is 22.6 Å². The Hall–Kier alpha value is -2.19. The zero-order valence-corrected chi connectivity index (χ0v) is 15.1. The molecule has 0 saturated heterocycles. The molecule has 24 heavy (non-hydrogen) atoms. The van der Waals surface area contributed by atoms with Gasteiger partial charge in [0.2, 0.25) is 10.0 Å². The van der Waals surface area contributed by atoms with Gasteiger partial charge < -0.3 is 4.74 Å². The van der Waals surface area contributed by atoms with Crippen molar-refractivity contribution in [3.63, 3.8) is 0 Å². The van der Waals surface area contributed by atoms with Gasteiger partial charge in [-0.1, -0.05) is 15.9 Å². The average Bonchev–Trinajstić information content (AvgIpc) is 2.52. The van der Waals surface area contributed by atoms with Crippen LogP contribution in [-0.2, 0) is 14.8 Å². The van der Waals surface area contributed by atoms with Gasteiger partial charge in [-0.25, -0.2) is 13.2 Å². The maximum atomic E-state index is 12.0. The number of nitrogens with one attached hydrogen (secondary N) is 1. The highest BCUT2D eigenvalue weighted by molar-refractivity contribution is 9.10. The van der Waals surface area contributed by atoms with Crippen LogP contribution < -0.4 is 4.72 Å². The van der Waals surface area contributed by atoms with Crippen molar-refractivity contribution >= 4 is 43.4 Å². The lowest BCUT2D eigenvalue weighted by molar-refractivity contribution is 0.0474. The number of esters is 1. The molecule has 0 heterocycles. The molecule has 0 radical (unpaired) electrons. The van der Waals surface area contributed by atoms with Gasteiger partial charge in [0.05, 0.1) is 11.8 Å². The maximum absolute atomic E-state index is 12.0. The number of anilines is 1. The van der Waals surface area contributed by atoms with Crippen molar-refractivity contribution < 1.29 is 22.7 Å². The van der Waals surface area contributed by atoms with Crippen molar-refractivity contribution in [1.29, 1.82) is 0 Å². The molecule has 2 aromatic rings. The van der Waals surface area contributed by atoms with Crippen LogP contribution in [-0.4, -0.2) is 33.0 Å². The fourth-order valence-electron chi connectivity index (χ4n) is 1.82. The first kappa shape index (κ1) is 18.2. The van der Waals surface area contributed by atoms with Crippen LogP contribution in [0.2, 0.25) is 0 Å². The van der Waals surface area contributed by atoms with Gasteiger partial charge in [0.25, 0.3) is 0 Å². The first-order valence-corrected chi connectivity index (χ1v) is 9.47. The Morgan fingerprint density at radius 1 is 1.00 bits per heavy atom. The maximum Gasteiger partial charge on any atom is 0.338 e. The van der Waals surface area contributed by atoms with Crippen molar-refractivity contribution in [2.75, 3.05) is 17.6 Å². The van der Waals surface area contributed by atoms with Gasteiger partial charge >= 0.3 is 5.97 Å². The molecule has 0 spiro atoms. The summed E-state index contributed by atoms with van der Waals surface area (Å²) in [4.78, 5) is 23.8. The minimum absolute atomic E-state index is 0.317. The van der Waals surface area contributed by atoms with Gasteiger partial charge in [0, 0.05) is 15.7 Å². The lowest BCUT2D eigenvalue weighted by Crippen LogP contribution is -2.14. The van der Waals surface area contributed by atoms with Crippen LogP contribution in [0.5, 0.6) is 0 Å². The van der Waals surface area contributed by atoms with Gasteiger partial charge in [-0.15, -0.1) is 0 Å². The summed E-state index contributed by atoms with van der Waals surface area (Å²) in [6.07, 6.45) is 1.04. The molecule has 8 heteroatoms. The van der Waals surface area contributed by atoms with Crippen LogP contribution in [0.15, 0.2) is 53.0 Å². The third-order valence-electron chi connectivity index (χ3n) is 2.92. The molecule has 0 aromatic heterocycles. The zero-order chi connectivity index (χ0) is 17.7. The number of hydrogen-bond donors (Lipinski definition) is 1. The van der Waals surface area contributed by atoms with Gasteiger partial charge in [0.1, 0.15) is 0 Å². The lowest BCUT2D eigenvalue weighted by atomic mass is 10.1. The van der Waals surface area contributed by atoms with E-state index in [0.29, 0.717) is 16.8 Å². The second-order valence-corrected chi connectivity index (χ2v) is 7.62. The van der Waals surface area contributed by atoms with Gasteiger partial charge in [-0.2, -0.15) is 0 Å². The zero-order valence-electron chi connectivity index (χ0n) is 12.7. The smallest absolute Gasteiger partial charge is 0.338 e. The summed E-state index contributed by atoms with van der Waals surface area (Å²) in [5.74, 6) is -0.974. The van der Waals surface area contributed by atoms with Crippen molar-refractivity contribution in [1.82, 2.24) is 0 Å². The Morgan fingerprint density at radius 2 is 1.54 bits per heavy atom. The van der Waals surface area contributed by atoms with Crippen LogP contribution in [0.1, 0.15) is 20.7 Å². The largest absolute Gasteiger partial charge is 0.454 e. The van der Waals surface area contributed by atoms with E-state index in [1.165, 1.54) is 24.3 Å². The lowest BCUT2D eigenvalue weighted by Gasteiger charge is -2.06.